The van der Waals surface area contributed by atoms with Gasteiger partial charge in [0.2, 0.25) is 5.28 Å². The third-order valence-electron chi connectivity index (χ3n) is 2.69. The SMILES string of the molecule is COC(=O)c1cccc(S(=O)(=O)Nc2cc(SC)nc(Cl)n2)c1. The number of esters is 1. The number of ether oxygens (including phenoxy) is 1. The highest BCUT2D eigenvalue weighted by molar-refractivity contribution is 7.98. The second-order valence-corrected chi connectivity index (χ2v) is 7.04. The van der Waals surface area contributed by atoms with E-state index in [1.807, 2.05) is 0 Å². The first-order valence-electron chi connectivity index (χ1n) is 6.15. The van der Waals surface area contributed by atoms with Gasteiger partial charge in [0.1, 0.15) is 10.8 Å². The maximum atomic E-state index is 12.4. The zero-order valence-electron chi connectivity index (χ0n) is 12.1. The fourth-order valence-corrected chi connectivity index (χ4v) is 3.34. The summed E-state index contributed by atoms with van der Waals surface area (Å²) in [5, 5.41) is 0.448. The zero-order chi connectivity index (χ0) is 17.0. The average molecular weight is 374 g/mol. The summed E-state index contributed by atoms with van der Waals surface area (Å²) in [6.07, 6.45) is 1.77. The summed E-state index contributed by atoms with van der Waals surface area (Å²) < 4.78 is 31.7. The molecule has 2 rings (SSSR count). The molecule has 1 aromatic carbocycles. The fourth-order valence-electron chi connectivity index (χ4n) is 1.66. The van der Waals surface area contributed by atoms with Crippen LogP contribution < -0.4 is 4.72 Å². The van der Waals surface area contributed by atoms with Crippen molar-refractivity contribution < 1.29 is 17.9 Å². The molecule has 0 fully saturated rings. The van der Waals surface area contributed by atoms with Gasteiger partial charge in [-0.05, 0) is 36.1 Å². The normalized spacial score (nSPS) is 11.1. The monoisotopic (exact) mass is 373 g/mol. The lowest BCUT2D eigenvalue weighted by Gasteiger charge is -2.09. The lowest BCUT2D eigenvalue weighted by atomic mass is 10.2. The van der Waals surface area contributed by atoms with Crippen molar-refractivity contribution in [3.05, 3.63) is 41.2 Å². The molecule has 0 unspecified atom stereocenters. The van der Waals surface area contributed by atoms with Crippen molar-refractivity contribution in [1.82, 2.24) is 9.97 Å². The van der Waals surface area contributed by atoms with Gasteiger partial charge >= 0.3 is 5.97 Å². The van der Waals surface area contributed by atoms with E-state index in [0.29, 0.717) is 5.03 Å². The molecular formula is C13H12ClN3O4S2. The second kappa shape index (κ2) is 7.16. The lowest BCUT2D eigenvalue weighted by molar-refractivity contribution is 0.0600. The summed E-state index contributed by atoms with van der Waals surface area (Å²) in [5.41, 5.74) is 0.126. The van der Waals surface area contributed by atoms with Crippen LogP contribution >= 0.6 is 23.4 Å². The van der Waals surface area contributed by atoms with E-state index in [4.69, 9.17) is 11.6 Å². The molecule has 23 heavy (non-hydrogen) atoms. The largest absolute Gasteiger partial charge is 0.465 e. The van der Waals surface area contributed by atoms with Gasteiger partial charge in [-0.15, -0.1) is 11.8 Å². The summed E-state index contributed by atoms with van der Waals surface area (Å²) in [5.74, 6) is -0.588. The lowest BCUT2D eigenvalue weighted by Crippen LogP contribution is -2.15. The van der Waals surface area contributed by atoms with Crippen LogP contribution in [0.1, 0.15) is 10.4 Å². The Bertz CT molecular complexity index is 843. The van der Waals surface area contributed by atoms with Crippen LogP contribution in [0, 0.1) is 0 Å². The minimum absolute atomic E-state index is 0.0396. The molecule has 1 heterocycles. The maximum absolute atomic E-state index is 12.4. The van der Waals surface area contributed by atoms with Gasteiger partial charge in [-0.2, -0.15) is 4.98 Å². The highest BCUT2D eigenvalue weighted by Crippen LogP contribution is 2.21. The Balaban J connectivity index is 2.36. The third kappa shape index (κ3) is 4.34. The molecular weight excluding hydrogens is 362 g/mol. The van der Waals surface area contributed by atoms with Gasteiger partial charge in [0.15, 0.2) is 0 Å². The van der Waals surface area contributed by atoms with Crippen LogP contribution in [0.15, 0.2) is 40.3 Å². The summed E-state index contributed by atoms with van der Waals surface area (Å²) >= 11 is 7.05. The van der Waals surface area contributed by atoms with Gasteiger partial charge in [0.05, 0.1) is 17.6 Å². The highest BCUT2D eigenvalue weighted by Gasteiger charge is 2.18. The molecule has 1 N–H and O–H groups in total. The van der Waals surface area contributed by atoms with Crippen molar-refractivity contribution in [2.24, 2.45) is 0 Å². The molecule has 10 heteroatoms. The van der Waals surface area contributed by atoms with E-state index in [-0.39, 0.29) is 21.6 Å². The number of anilines is 1. The summed E-state index contributed by atoms with van der Waals surface area (Å²) in [6.45, 7) is 0. The van der Waals surface area contributed by atoms with Crippen LogP contribution in [0.5, 0.6) is 0 Å². The van der Waals surface area contributed by atoms with Crippen LogP contribution in [0.4, 0.5) is 5.82 Å². The standard InChI is InChI=1S/C13H12ClN3O4S2/c1-21-12(18)8-4-3-5-9(6-8)23(19,20)17-10-7-11(22-2)16-13(14)15-10/h3-7H,1-2H3,(H,15,16,17). The summed E-state index contributed by atoms with van der Waals surface area (Å²) in [7, 11) is -2.72. The second-order valence-electron chi connectivity index (χ2n) is 4.19. The van der Waals surface area contributed by atoms with E-state index >= 15 is 0 Å². The average Bonchev–Trinajstić information content (AvgIpc) is 2.53. The number of aromatic nitrogens is 2. The quantitative estimate of drug-likeness (QED) is 0.372. The fraction of sp³-hybridized carbons (Fsp3) is 0.154. The molecule has 7 nitrogen and oxygen atoms in total. The first kappa shape index (κ1) is 17.5. The number of carbonyl (C=O) groups is 1. The van der Waals surface area contributed by atoms with E-state index in [9.17, 15) is 13.2 Å². The molecule has 0 saturated heterocycles. The van der Waals surface area contributed by atoms with E-state index < -0.39 is 16.0 Å². The van der Waals surface area contributed by atoms with Crippen molar-refractivity contribution in [3.8, 4) is 0 Å². The minimum Gasteiger partial charge on any atom is -0.465 e. The van der Waals surface area contributed by atoms with Crippen LogP contribution in [0.25, 0.3) is 0 Å². The molecule has 0 aliphatic heterocycles. The third-order valence-corrected chi connectivity index (χ3v) is 4.84. The van der Waals surface area contributed by atoms with E-state index in [0.717, 1.165) is 0 Å². The first-order chi connectivity index (χ1) is 10.9. The van der Waals surface area contributed by atoms with Gasteiger partial charge in [0.25, 0.3) is 10.0 Å². The van der Waals surface area contributed by atoms with E-state index in [2.05, 4.69) is 19.4 Å². The van der Waals surface area contributed by atoms with Crippen molar-refractivity contribution in [1.29, 1.82) is 0 Å². The number of halogens is 1. The van der Waals surface area contributed by atoms with Crippen LogP contribution in [0.3, 0.4) is 0 Å². The Morgan fingerprint density at radius 2 is 2.04 bits per heavy atom. The number of methoxy groups -OCH3 is 1. The van der Waals surface area contributed by atoms with Crippen LogP contribution in [-0.2, 0) is 14.8 Å². The van der Waals surface area contributed by atoms with Gasteiger partial charge < -0.3 is 4.74 Å². The van der Waals surface area contributed by atoms with Gasteiger partial charge in [-0.25, -0.2) is 18.2 Å². The number of carbonyl (C=O) groups excluding carboxylic acids is 1. The van der Waals surface area contributed by atoms with Crippen LogP contribution in [-0.4, -0.2) is 37.7 Å². The topological polar surface area (TPSA) is 98.2 Å². The van der Waals surface area contributed by atoms with Crippen molar-refractivity contribution in [3.63, 3.8) is 0 Å². The van der Waals surface area contributed by atoms with E-state index in [1.54, 1.807) is 6.26 Å². The molecule has 0 amide bonds. The highest BCUT2D eigenvalue weighted by atomic mass is 35.5. The number of sulfonamides is 1. The predicted molar refractivity (Wildman–Crippen MR) is 87.4 cm³/mol. The number of nitrogens with one attached hydrogen (secondary N) is 1. The Morgan fingerprint density at radius 3 is 2.70 bits per heavy atom. The van der Waals surface area contributed by atoms with E-state index in [1.165, 1.54) is 49.2 Å². The van der Waals surface area contributed by atoms with Crippen molar-refractivity contribution in [2.45, 2.75) is 9.92 Å². The number of hydrogen-bond acceptors (Lipinski definition) is 7. The smallest absolute Gasteiger partial charge is 0.337 e. The molecule has 0 radical (unpaired) electrons. The predicted octanol–water partition coefficient (Wildman–Crippen LogP) is 2.44. The van der Waals surface area contributed by atoms with Gasteiger partial charge in [0, 0.05) is 6.07 Å². The number of benzene rings is 1. The van der Waals surface area contributed by atoms with Crippen molar-refractivity contribution in [2.75, 3.05) is 18.1 Å². The Morgan fingerprint density at radius 1 is 1.30 bits per heavy atom. The molecule has 0 spiro atoms. The number of rotatable bonds is 5. The Kier molecular flexibility index (Phi) is 5.45. The molecule has 1 aromatic heterocycles. The molecule has 0 aliphatic carbocycles. The molecule has 0 atom stereocenters. The molecule has 0 saturated carbocycles. The maximum Gasteiger partial charge on any atom is 0.337 e. The van der Waals surface area contributed by atoms with Gasteiger partial charge in [-0.1, -0.05) is 6.07 Å². The number of nitrogens with zero attached hydrogens (tertiary/aromatic N) is 2. The molecule has 2 aromatic rings. The molecule has 122 valence electrons. The Hall–Kier alpha value is -1.84. The number of hydrogen-bond donors (Lipinski definition) is 1. The first-order valence-corrected chi connectivity index (χ1v) is 9.24. The minimum atomic E-state index is -3.94. The summed E-state index contributed by atoms with van der Waals surface area (Å²) in [6, 6.07) is 6.93. The number of thioether (sulfide) groups is 1. The van der Waals surface area contributed by atoms with Gasteiger partial charge in [-0.3, -0.25) is 4.72 Å². The summed E-state index contributed by atoms with van der Waals surface area (Å²) in [4.78, 5) is 19.2. The van der Waals surface area contributed by atoms with Crippen molar-refractivity contribution >= 4 is 45.2 Å². The molecule has 0 aliphatic rings. The molecule has 0 bridgehead atoms. The van der Waals surface area contributed by atoms with Crippen LogP contribution in [0.2, 0.25) is 5.28 Å². The Labute approximate surface area is 142 Å². The zero-order valence-corrected chi connectivity index (χ0v) is 14.5.